The highest BCUT2D eigenvalue weighted by molar-refractivity contribution is 7.11. The lowest BCUT2D eigenvalue weighted by Gasteiger charge is -2.34. The summed E-state index contributed by atoms with van der Waals surface area (Å²) < 4.78 is 0. The summed E-state index contributed by atoms with van der Waals surface area (Å²) in [6, 6.07) is 8.95. The van der Waals surface area contributed by atoms with Crippen LogP contribution >= 0.6 is 11.3 Å². The van der Waals surface area contributed by atoms with Crippen LogP contribution in [0.1, 0.15) is 27.9 Å². The predicted molar refractivity (Wildman–Crippen MR) is 123 cm³/mol. The van der Waals surface area contributed by atoms with Gasteiger partial charge >= 0.3 is 0 Å². The molecule has 0 unspecified atom stereocenters. The van der Waals surface area contributed by atoms with E-state index in [-0.39, 0.29) is 0 Å². The van der Waals surface area contributed by atoms with E-state index in [9.17, 15) is 0 Å². The first kappa shape index (κ1) is 21.7. The molecular weight excluding hydrogens is 380 g/mol. The van der Waals surface area contributed by atoms with E-state index in [1.807, 2.05) is 13.2 Å². The molecule has 0 atom stereocenters. The van der Waals surface area contributed by atoms with E-state index in [0.29, 0.717) is 0 Å². The minimum atomic E-state index is 0.769. The smallest absolute Gasteiger partial charge is 0.191 e. The molecule has 2 N–H and O–H groups in total. The Balaban J connectivity index is 1.38. The summed E-state index contributed by atoms with van der Waals surface area (Å²) >= 11 is 1.75. The Kier molecular flexibility index (Phi) is 8.46. The summed E-state index contributed by atoms with van der Waals surface area (Å²) in [5.74, 6) is 0.830. The Morgan fingerprint density at radius 3 is 2.38 bits per heavy atom. The van der Waals surface area contributed by atoms with E-state index >= 15 is 0 Å². The maximum Gasteiger partial charge on any atom is 0.191 e. The number of thiazole rings is 1. The van der Waals surface area contributed by atoms with Gasteiger partial charge in [0.1, 0.15) is 0 Å². The number of aliphatic imine (C=N–C) groups is 1. The number of hydrogen-bond acceptors (Lipinski definition) is 5. The van der Waals surface area contributed by atoms with Crippen molar-refractivity contribution in [1.29, 1.82) is 0 Å². The molecule has 1 aliphatic heterocycles. The number of benzene rings is 1. The zero-order chi connectivity index (χ0) is 20.5. The van der Waals surface area contributed by atoms with Gasteiger partial charge in [0, 0.05) is 70.4 Å². The molecule has 2 heterocycles. The molecule has 1 fully saturated rings. The van der Waals surface area contributed by atoms with Crippen molar-refractivity contribution in [2.75, 3.05) is 46.3 Å². The molecule has 158 valence electrons. The Morgan fingerprint density at radius 1 is 1.07 bits per heavy atom. The minimum Gasteiger partial charge on any atom is -0.356 e. The van der Waals surface area contributed by atoms with Crippen LogP contribution in [0.3, 0.4) is 0 Å². The molecule has 2 aromatic rings. The second kappa shape index (κ2) is 11.3. The Hall–Kier alpha value is -1.96. The Labute approximate surface area is 179 Å². The number of rotatable bonds is 8. The fourth-order valence-corrected chi connectivity index (χ4v) is 4.28. The summed E-state index contributed by atoms with van der Waals surface area (Å²) in [7, 11) is 1.81. The zero-order valence-electron chi connectivity index (χ0n) is 17.9. The molecule has 1 saturated heterocycles. The van der Waals surface area contributed by atoms with Gasteiger partial charge in [-0.2, -0.15) is 0 Å². The number of likely N-dealkylation sites (N-methyl/N-ethyl adjacent to an activating group) is 1. The van der Waals surface area contributed by atoms with Gasteiger partial charge in [0.05, 0.1) is 5.01 Å². The summed E-state index contributed by atoms with van der Waals surface area (Å²) in [5.41, 5.74) is 2.66. The van der Waals surface area contributed by atoms with Gasteiger partial charge in [-0.3, -0.25) is 9.89 Å². The van der Waals surface area contributed by atoms with Crippen molar-refractivity contribution in [3.63, 3.8) is 0 Å². The third kappa shape index (κ3) is 7.10. The quantitative estimate of drug-likeness (QED) is 0.513. The number of nitrogens with zero attached hydrogens (tertiary/aromatic N) is 4. The molecule has 0 radical (unpaired) electrons. The second-order valence-electron chi connectivity index (χ2n) is 7.49. The molecule has 6 nitrogen and oxygen atoms in total. The maximum atomic E-state index is 4.40. The van der Waals surface area contributed by atoms with Gasteiger partial charge < -0.3 is 15.5 Å². The van der Waals surface area contributed by atoms with E-state index in [1.54, 1.807) is 11.3 Å². The molecule has 1 aromatic heterocycles. The molecule has 0 aliphatic carbocycles. The molecule has 1 aliphatic rings. The summed E-state index contributed by atoms with van der Waals surface area (Å²) in [5, 5.41) is 7.93. The first-order valence-corrected chi connectivity index (χ1v) is 11.4. The van der Waals surface area contributed by atoms with Crippen LogP contribution in [0.2, 0.25) is 0 Å². The zero-order valence-corrected chi connectivity index (χ0v) is 18.8. The van der Waals surface area contributed by atoms with Crippen LogP contribution in [0, 0.1) is 6.92 Å². The van der Waals surface area contributed by atoms with Crippen LogP contribution in [0.5, 0.6) is 0 Å². The number of nitrogens with one attached hydrogen (secondary N) is 2. The second-order valence-corrected chi connectivity index (χ2v) is 8.81. The van der Waals surface area contributed by atoms with Crippen LogP contribution < -0.4 is 10.6 Å². The first-order chi connectivity index (χ1) is 14.2. The van der Waals surface area contributed by atoms with Crippen LogP contribution in [-0.4, -0.2) is 67.1 Å². The van der Waals surface area contributed by atoms with Gasteiger partial charge in [-0.25, -0.2) is 4.98 Å². The summed E-state index contributed by atoms with van der Waals surface area (Å²) in [4.78, 5) is 15.0. The number of hydrogen-bond donors (Lipinski definition) is 2. The van der Waals surface area contributed by atoms with E-state index < -0.39 is 0 Å². The number of guanidine groups is 1. The van der Waals surface area contributed by atoms with Crippen LogP contribution in [-0.2, 0) is 19.5 Å². The monoisotopic (exact) mass is 414 g/mol. The van der Waals surface area contributed by atoms with E-state index in [2.05, 4.69) is 68.5 Å². The van der Waals surface area contributed by atoms with E-state index in [4.69, 9.17) is 0 Å². The molecule has 0 spiro atoms. The molecule has 0 bridgehead atoms. The average Bonchev–Trinajstić information content (AvgIpc) is 3.17. The lowest BCUT2D eigenvalue weighted by Crippen LogP contribution is -2.45. The van der Waals surface area contributed by atoms with Crippen molar-refractivity contribution in [1.82, 2.24) is 25.4 Å². The Morgan fingerprint density at radius 2 is 1.76 bits per heavy atom. The van der Waals surface area contributed by atoms with Crippen LogP contribution in [0.25, 0.3) is 0 Å². The number of piperazine rings is 1. The average molecular weight is 415 g/mol. The van der Waals surface area contributed by atoms with Crippen molar-refractivity contribution in [3.05, 3.63) is 51.5 Å². The largest absolute Gasteiger partial charge is 0.356 e. The van der Waals surface area contributed by atoms with Crippen molar-refractivity contribution < 1.29 is 0 Å². The number of aryl methyl sites for hydroxylation is 1. The van der Waals surface area contributed by atoms with Gasteiger partial charge in [0.2, 0.25) is 0 Å². The van der Waals surface area contributed by atoms with E-state index in [1.165, 1.54) is 42.2 Å². The predicted octanol–water partition coefficient (Wildman–Crippen LogP) is 2.50. The normalized spacial score (nSPS) is 16.2. The lowest BCUT2D eigenvalue weighted by molar-refractivity contribution is 0.132. The highest BCUT2D eigenvalue weighted by Gasteiger charge is 2.15. The van der Waals surface area contributed by atoms with Gasteiger partial charge in [-0.1, -0.05) is 31.2 Å². The lowest BCUT2D eigenvalue weighted by atomic mass is 10.1. The Bertz CT molecular complexity index is 762. The maximum absolute atomic E-state index is 4.40. The molecular formula is C22H34N6S. The van der Waals surface area contributed by atoms with Crippen molar-refractivity contribution in [2.45, 2.75) is 33.4 Å². The fourth-order valence-electron chi connectivity index (χ4n) is 3.50. The van der Waals surface area contributed by atoms with Crippen molar-refractivity contribution >= 4 is 17.3 Å². The molecule has 3 rings (SSSR count). The summed E-state index contributed by atoms with van der Waals surface area (Å²) in [6.45, 7) is 12.9. The van der Waals surface area contributed by atoms with Gasteiger partial charge in [-0.15, -0.1) is 11.3 Å². The molecule has 0 amide bonds. The summed E-state index contributed by atoms with van der Waals surface area (Å²) in [6.07, 6.45) is 2.85. The number of aromatic nitrogens is 1. The van der Waals surface area contributed by atoms with Crippen molar-refractivity contribution in [2.24, 2.45) is 4.99 Å². The van der Waals surface area contributed by atoms with Crippen LogP contribution in [0.4, 0.5) is 0 Å². The standard InChI is InChI=1S/C22H34N6S/c1-4-27-11-13-28(14-12-27)17-20-7-5-19(6-8-20)16-26-22(23-3)24-10-9-21-25-15-18(2)29-21/h5-8,15H,4,9-14,16-17H2,1-3H3,(H2,23,24,26). The third-order valence-corrected chi connectivity index (χ3v) is 6.30. The fraction of sp³-hybridized carbons (Fsp3) is 0.545. The highest BCUT2D eigenvalue weighted by Crippen LogP contribution is 2.11. The SMILES string of the molecule is CCN1CCN(Cc2ccc(CNC(=NC)NCCc3ncc(C)s3)cc2)CC1. The van der Waals surface area contributed by atoms with Crippen LogP contribution in [0.15, 0.2) is 35.5 Å². The van der Waals surface area contributed by atoms with Gasteiger partial charge in [0.25, 0.3) is 0 Å². The first-order valence-electron chi connectivity index (χ1n) is 10.5. The molecule has 29 heavy (non-hydrogen) atoms. The third-order valence-electron chi connectivity index (χ3n) is 5.33. The minimum absolute atomic E-state index is 0.769. The highest BCUT2D eigenvalue weighted by atomic mass is 32.1. The van der Waals surface area contributed by atoms with Gasteiger partial charge in [0.15, 0.2) is 5.96 Å². The molecule has 0 saturated carbocycles. The van der Waals surface area contributed by atoms with Gasteiger partial charge in [-0.05, 0) is 24.6 Å². The molecule has 1 aromatic carbocycles. The van der Waals surface area contributed by atoms with E-state index in [0.717, 1.165) is 43.6 Å². The topological polar surface area (TPSA) is 55.8 Å². The molecule has 7 heteroatoms. The van der Waals surface area contributed by atoms with Crippen molar-refractivity contribution in [3.8, 4) is 0 Å².